The molecule has 0 saturated carbocycles. The maximum absolute atomic E-state index is 14.2. The Morgan fingerprint density at radius 1 is 1.08 bits per heavy atom. The Morgan fingerprint density at radius 2 is 1.74 bits per heavy atom. The molecule has 3 aromatic carbocycles. The van der Waals surface area contributed by atoms with Crippen LogP contribution in [0.4, 0.5) is 11.4 Å². The Hall–Kier alpha value is -4.30. The number of ether oxygens (including phenoxy) is 1. The molecule has 3 atom stereocenters. The average Bonchev–Trinajstić information content (AvgIpc) is 3.19. The minimum atomic E-state index is -1.50. The zero-order valence-electron chi connectivity index (χ0n) is 29.6. The highest BCUT2D eigenvalue weighted by atomic mass is 32.2. The lowest BCUT2D eigenvalue weighted by Gasteiger charge is -2.37. The third-order valence-electron chi connectivity index (χ3n) is 9.46. The first-order valence-corrected chi connectivity index (χ1v) is 17.9. The second-order valence-corrected chi connectivity index (χ2v) is 14.8. The molecular weight excluding hydrogens is 659 g/mol. The van der Waals surface area contributed by atoms with E-state index in [1.165, 1.54) is 5.01 Å². The van der Waals surface area contributed by atoms with Crippen molar-refractivity contribution in [2.75, 3.05) is 23.8 Å². The summed E-state index contributed by atoms with van der Waals surface area (Å²) in [7, 11) is 0. The minimum Gasteiger partial charge on any atom is -0.593 e. The summed E-state index contributed by atoms with van der Waals surface area (Å²) in [4.78, 5) is 37.9. The fourth-order valence-corrected chi connectivity index (χ4v) is 7.78. The molecule has 1 amide bonds. The average molecular weight is 708 g/mol. The third kappa shape index (κ3) is 8.52. The SMILES string of the molecule is CC[C@@H]1CN(Cc2cc(C(c3ccc(N(N)CC)c(N)c3C)C(C)(C)C(=O)NC(CC(=O)O)CC(=O)O)ccc2C)[S+]([O-])c2ccccc2O1. The van der Waals surface area contributed by atoms with E-state index < -0.39 is 59.4 Å². The van der Waals surface area contributed by atoms with Gasteiger partial charge in [0.15, 0.2) is 5.75 Å². The number of rotatable bonds is 14. The zero-order valence-corrected chi connectivity index (χ0v) is 30.4. The van der Waals surface area contributed by atoms with Crippen LogP contribution in [0, 0.1) is 19.3 Å². The summed E-state index contributed by atoms with van der Waals surface area (Å²) in [5.41, 5.74) is 10.6. The van der Waals surface area contributed by atoms with Crippen molar-refractivity contribution in [3.63, 3.8) is 0 Å². The number of para-hydroxylation sites is 1. The highest BCUT2D eigenvalue weighted by molar-refractivity contribution is 7.89. The van der Waals surface area contributed by atoms with Gasteiger partial charge in [-0.2, -0.15) is 0 Å². The largest absolute Gasteiger partial charge is 0.593 e. The van der Waals surface area contributed by atoms with Gasteiger partial charge in [-0.25, -0.2) is 5.84 Å². The number of nitrogens with two attached hydrogens (primary N) is 2. The molecule has 13 heteroatoms. The fraction of sp³-hybridized carbons (Fsp3) is 0.432. The maximum Gasteiger partial charge on any atom is 0.305 e. The quantitative estimate of drug-likeness (QED) is 0.0664. The van der Waals surface area contributed by atoms with Gasteiger partial charge in [-0.15, -0.1) is 4.31 Å². The molecule has 270 valence electrons. The summed E-state index contributed by atoms with van der Waals surface area (Å²) >= 11 is -1.50. The van der Waals surface area contributed by atoms with Crippen molar-refractivity contribution in [2.24, 2.45) is 11.3 Å². The number of carbonyl (C=O) groups excluding carboxylic acids is 1. The summed E-state index contributed by atoms with van der Waals surface area (Å²) in [6.45, 7) is 12.6. The summed E-state index contributed by atoms with van der Waals surface area (Å²) in [6.07, 6.45) is -0.529. The molecule has 0 aliphatic carbocycles. The van der Waals surface area contributed by atoms with Crippen LogP contribution in [0.25, 0.3) is 0 Å². The Labute approximate surface area is 297 Å². The van der Waals surface area contributed by atoms with E-state index in [2.05, 4.69) is 5.32 Å². The Bertz CT molecular complexity index is 1700. The molecule has 3 aromatic rings. The summed E-state index contributed by atoms with van der Waals surface area (Å²) in [5, 5.41) is 23.1. The van der Waals surface area contributed by atoms with Crippen LogP contribution >= 0.6 is 0 Å². The fourth-order valence-electron chi connectivity index (χ4n) is 6.46. The van der Waals surface area contributed by atoms with Crippen LogP contribution in [0.2, 0.25) is 0 Å². The number of hydrazine groups is 1. The first kappa shape index (κ1) is 38.5. The smallest absolute Gasteiger partial charge is 0.305 e. The molecule has 1 aliphatic heterocycles. The van der Waals surface area contributed by atoms with Crippen molar-refractivity contribution >= 4 is 40.6 Å². The predicted octanol–water partition coefficient (Wildman–Crippen LogP) is 4.87. The van der Waals surface area contributed by atoms with Gasteiger partial charge in [0.1, 0.15) is 6.10 Å². The molecule has 4 rings (SSSR count). The number of fused-ring (bicyclic) bond motifs is 1. The van der Waals surface area contributed by atoms with E-state index in [1.54, 1.807) is 13.8 Å². The molecule has 0 bridgehead atoms. The topological polar surface area (TPSA) is 195 Å². The summed E-state index contributed by atoms with van der Waals surface area (Å²) in [6, 6.07) is 15.9. The number of benzene rings is 3. The van der Waals surface area contributed by atoms with Crippen molar-refractivity contribution in [3.8, 4) is 5.75 Å². The molecule has 0 spiro atoms. The maximum atomic E-state index is 14.2. The number of nitrogen functional groups attached to an aromatic ring is 1. The molecule has 50 heavy (non-hydrogen) atoms. The highest BCUT2D eigenvalue weighted by Gasteiger charge is 2.42. The predicted molar refractivity (Wildman–Crippen MR) is 194 cm³/mol. The van der Waals surface area contributed by atoms with E-state index in [9.17, 15) is 29.1 Å². The van der Waals surface area contributed by atoms with Gasteiger partial charge in [0.05, 0.1) is 54.1 Å². The van der Waals surface area contributed by atoms with Gasteiger partial charge >= 0.3 is 11.9 Å². The van der Waals surface area contributed by atoms with Crippen molar-refractivity contribution < 1.29 is 33.9 Å². The number of aryl methyl sites for hydroxylation is 1. The van der Waals surface area contributed by atoms with Crippen molar-refractivity contribution in [3.05, 3.63) is 82.4 Å². The molecule has 1 heterocycles. The number of carboxylic acid groups (broad SMARTS) is 2. The first-order valence-electron chi connectivity index (χ1n) is 16.8. The van der Waals surface area contributed by atoms with Gasteiger partial charge in [-0.3, -0.25) is 14.4 Å². The molecule has 0 saturated heterocycles. The normalized spacial score (nSPS) is 17.0. The number of carboxylic acids is 2. The van der Waals surface area contributed by atoms with E-state index in [4.69, 9.17) is 16.3 Å². The van der Waals surface area contributed by atoms with Crippen molar-refractivity contribution in [1.82, 2.24) is 9.62 Å². The standard InChI is InChI=1S/C37H49N5O7S/c1-7-27-21-41(50(48)31-12-10-9-11-30(31)49-27)20-25-17-24(14-13-22(25)3)34(28-15-16-29(42(39)8-2)35(38)23(28)4)37(5,6)36(47)40-26(18-32(43)44)19-33(45)46/h9-17,26-27,34H,7-8,18-21,38-39H2,1-6H3,(H,40,47)(H,43,44)(H,45,46)/t27-,34?,50?/m1/s1. The van der Waals surface area contributed by atoms with Gasteiger partial charge in [0.2, 0.25) is 10.8 Å². The van der Waals surface area contributed by atoms with Crippen LogP contribution in [-0.2, 0) is 32.3 Å². The van der Waals surface area contributed by atoms with Crippen LogP contribution in [0.1, 0.15) is 80.7 Å². The van der Waals surface area contributed by atoms with Gasteiger partial charge in [-0.05, 0) is 73.2 Å². The number of nitrogens with zero attached hydrogens (tertiary/aromatic N) is 2. The van der Waals surface area contributed by atoms with Crippen LogP contribution < -0.4 is 26.6 Å². The van der Waals surface area contributed by atoms with Crippen LogP contribution in [0.5, 0.6) is 5.75 Å². The van der Waals surface area contributed by atoms with Gasteiger partial charge in [0.25, 0.3) is 0 Å². The van der Waals surface area contributed by atoms with E-state index >= 15 is 0 Å². The number of nitrogens with one attached hydrogen (secondary N) is 1. The highest BCUT2D eigenvalue weighted by Crippen LogP contribution is 2.45. The van der Waals surface area contributed by atoms with Gasteiger partial charge in [0, 0.05) is 18.5 Å². The number of hydrogen-bond acceptors (Lipinski definition) is 9. The molecule has 1 aliphatic rings. The van der Waals surface area contributed by atoms with Crippen molar-refractivity contribution in [1.29, 1.82) is 0 Å². The Balaban J connectivity index is 1.82. The Kier molecular flexibility index (Phi) is 12.4. The first-order chi connectivity index (χ1) is 23.6. The monoisotopic (exact) mass is 707 g/mol. The van der Waals surface area contributed by atoms with E-state index in [0.29, 0.717) is 41.7 Å². The molecule has 12 nitrogen and oxygen atoms in total. The molecule has 0 aromatic heterocycles. The summed E-state index contributed by atoms with van der Waals surface area (Å²) < 4.78 is 22.1. The lowest BCUT2D eigenvalue weighted by Crippen LogP contribution is -2.47. The van der Waals surface area contributed by atoms with Gasteiger partial charge < -0.3 is 35.6 Å². The van der Waals surface area contributed by atoms with E-state index in [-0.39, 0.29) is 6.10 Å². The number of hydrogen-bond donors (Lipinski definition) is 5. The van der Waals surface area contributed by atoms with E-state index in [0.717, 1.165) is 34.2 Å². The molecule has 2 unspecified atom stereocenters. The lowest BCUT2D eigenvalue weighted by molar-refractivity contribution is -0.140. The number of aliphatic carboxylic acids is 2. The lowest BCUT2D eigenvalue weighted by atomic mass is 9.69. The Morgan fingerprint density at radius 3 is 2.36 bits per heavy atom. The minimum absolute atomic E-state index is 0.166. The summed E-state index contributed by atoms with van der Waals surface area (Å²) in [5.74, 6) is 3.25. The van der Waals surface area contributed by atoms with Gasteiger partial charge in [-0.1, -0.05) is 57.2 Å². The second-order valence-electron chi connectivity index (χ2n) is 13.4. The van der Waals surface area contributed by atoms with Crippen LogP contribution in [-0.4, -0.2) is 62.2 Å². The third-order valence-corrected chi connectivity index (χ3v) is 10.9. The van der Waals surface area contributed by atoms with Crippen molar-refractivity contribution in [2.45, 2.75) is 90.3 Å². The second kappa shape index (κ2) is 16.2. The van der Waals surface area contributed by atoms with Crippen LogP contribution in [0.15, 0.2) is 59.5 Å². The molecule has 0 radical (unpaired) electrons. The van der Waals surface area contributed by atoms with E-state index in [1.807, 2.05) is 86.6 Å². The number of anilines is 2. The molecule has 0 fully saturated rings. The molecular formula is C37H49N5O7S. The number of carbonyl (C=O) groups is 3. The number of amides is 1. The molecule has 7 N–H and O–H groups in total. The van der Waals surface area contributed by atoms with Crippen LogP contribution in [0.3, 0.4) is 0 Å². The zero-order chi connectivity index (χ0) is 36.9.